The van der Waals surface area contributed by atoms with Crippen LogP contribution in [-0.2, 0) is 0 Å². The van der Waals surface area contributed by atoms with Gasteiger partial charge in [-0.1, -0.05) is 50.8 Å². The average Bonchev–Trinajstić information content (AvgIpc) is 2.59. The van der Waals surface area contributed by atoms with E-state index in [-0.39, 0.29) is 5.97 Å². The second-order valence-corrected chi connectivity index (χ2v) is 5.49. The molecule has 0 saturated heterocycles. The van der Waals surface area contributed by atoms with Gasteiger partial charge in [-0.3, -0.25) is 0 Å². The van der Waals surface area contributed by atoms with Gasteiger partial charge in [0.15, 0.2) is 0 Å². The van der Waals surface area contributed by atoms with Crippen LogP contribution in [0.1, 0.15) is 49.4 Å². The van der Waals surface area contributed by atoms with E-state index in [9.17, 15) is 4.79 Å². The van der Waals surface area contributed by atoms with Crippen LogP contribution in [-0.4, -0.2) is 12.6 Å². The molecule has 3 nitrogen and oxygen atoms in total. The van der Waals surface area contributed by atoms with Crippen LogP contribution in [0.2, 0.25) is 0 Å². The largest absolute Gasteiger partial charge is 0.494 e. The number of unbranched alkanes of at least 4 members (excludes halogenated alkanes) is 4. The Morgan fingerprint density at radius 3 is 2.22 bits per heavy atom. The van der Waals surface area contributed by atoms with Crippen LogP contribution in [0.15, 0.2) is 54.6 Å². The number of carbonyl (C=O) groups excluding carboxylic acids is 1. The number of carbonyl (C=O) groups is 1. The third kappa shape index (κ3) is 6.15. The van der Waals surface area contributed by atoms with E-state index < -0.39 is 0 Å². The van der Waals surface area contributed by atoms with E-state index in [0.29, 0.717) is 11.3 Å². The molecule has 0 radical (unpaired) electrons. The molecule has 23 heavy (non-hydrogen) atoms. The Bertz CT molecular complexity index is 576. The predicted molar refractivity (Wildman–Crippen MR) is 92.1 cm³/mol. The van der Waals surface area contributed by atoms with Crippen molar-refractivity contribution in [2.45, 2.75) is 39.0 Å². The van der Waals surface area contributed by atoms with Crippen LogP contribution in [0.3, 0.4) is 0 Å². The van der Waals surface area contributed by atoms with Crippen molar-refractivity contribution < 1.29 is 14.3 Å². The van der Waals surface area contributed by atoms with E-state index in [0.717, 1.165) is 18.8 Å². The number of ether oxygens (including phenoxy) is 2. The molecule has 0 unspecified atom stereocenters. The van der Waals surface area contributed by atoms with Crippen molar-refractivity contribution in [1.82, 2.24) is 0 Å². The SMILES string of the molecule is CCCCCCCOc1ccc(C(=O)Oc2ccccc2)cc1. The highest BCUT2D eigenvalue weighted by Gasteiger charge is 2.08. The first-order chi connectivity index (χ1) is 11.3. The zero-order valence-electron chi connectivity index (χ0n) is 13.7. The summed E-state index contributed by atoms with van der Waals surface area (Å²) in [5.41, 5.74) is 0.518. The molecular weight excluding hydrogens is 288 g/mol. The Balaban J connectivity index is 1.76. The van der Waals surface area contributed by atoms with Gasteiger partial charge in [-0.25, -0.2) is 4.79 Å². The van der Waals surface area contributed by atoms with Gasteiger partial charge in [0.05, 0.1) is 12.2 Å². The second kappa shape index (κ2) is 9.67. The first kappa shape index (κ1) is 17.1. The standard InChI is InChI=1S/C20H24O3/c1-2-3-4-5-9-16-22-18-14-12-17(13-15-18)20(21)23-19-10-7-6-8-11-19/h6-8,10-15H,2-5,9,16H2,1H3. The summed E-state index contributed by atoms with van der Waals surface area (Å²) in [5, 5.41) is 0. The molecule has 0 spiro atoms. The van der Waals surface area contributed by atoms with Gasteiger partial charge in [0.25, 0.3) is 0 Å². The van der Waals surface area contributed by atoms with Crippen molar-refractivity contribution in [1.29, 1.82) is 0 Å². The number of para-hydroxylation sites is 1. The molecule has 0 heterocycles. The number of rotatable bonds is 9. The molecule has 122 valence electrons. The second-order valence-electron chi connectivity index (χ2n) is 5.49. The van der Waals surface area contributed by atoms with E-state index >= 15 is 0 Å². The van der Waals surface area contributed by atoms with Crippen LogP contribution in [0, 0.1) is 0 Å². The lowest BCUT2D eigenvalue weighted by Crippen LogP contribution is -2.08. The lowest BCUT2D eigenvalue weighted by atomic mass is 10.2. The minimum absolute atomic E-state index is 0.359. The minimum Gasteiger partial charge on any atom is -0.494 e. The molecule has 0 amide bonds. The molecule has 0 aromatic heterocycles. The maximum atomic E-state index is 12.0. The molecule has 0 bridgehead atoms. The van der Waals surface area contributed by atoms with E-state index in [4.69, 9.17) is 9.47 Å². The van der Waals surface area contributed by atoms with E-state index in [1.165, 1.54) is 25.7 Å². The number of hydrogen-bond donors (Lipinski definition) is 0. The van der Waals surface area contributed by atoms with Crippen LogP contribution in [0.4, 0.5) is 0 Å². The first-order valence-electron chi connectivity index (χ1n) is 8.29. The molecule has 0 fully saturated rings. The summed E-state index contributed by atoms with van der Waals surface area (Å²) < 4.78 is 11.0. The van der Waals surface area contributed by atoms with Crippen molar-refractivity contribution in [3.8, 4) is 11.5 Å². The monoisotopic (exact) mass is 312 g/mol. The van der Waals surface area contributed by atoms with Crippen molar-refractivity contribution in [2.75, 3.05) is 6.61 Å². The van der Waals surface area contributed by atoms with Gasteiger partial charge in [0, 0.05) is 0 Å². The summed E-state index contributed by atoms with van der Waals surface area (Å²) in [6.07, 6.45) is 6.08. The molecule has 0 aliphatic carbocycles. The van der Waals surface area contributed by atoms with Crippen molar-refractivity contribution in [2.24, 2.45) is 0 Å². The minimum atomic E-state index is -0.359. The third-order valence-electron chi connectivity index (χ3n) is 3.56. The zero-order chi connectivity index (χ0) is 16.3. The molecule has 2 rings (SSSR count). The average molecular weight is 312 g/mol. The zero-order valence-corrected chi connectivity index (χ0v) is 13.7. The maximum Gasteiger partial charge on any atom is 0.343 e. The molecule has 2 aromatic rings. The molecular formula is C20H24O3. The van der Waals surface area contributed by atoms with Crippen molar-refractivity contribution >= 4 is 5.97 Å². The first-order valence-corrected chi connectivity index (χ1v) is 8.29. The van der Waals surface area contributed by atoms with Gasteiger partial charge in [0.2, 0.25) is 0 Å². The summed E-state index contributed by atoms with van der Waals surface area (Å²) in [5.74, 6) is 0.976. The van der Waals surface area contributed by atoms with Crippen molar-refractivity contribution in [3.05, 3.63) is 60.2 Å². The van der Waals surface area contributed by atoms with Gasteiger partial charge < -0.3 is 9.47 Å². The Morgan fingerprint density at radius 2 is 1.52 bits per heavy atom. The third-order valence-corrected chi connectivity index (χ3v) is 3.56. The summed E-state index contributed by atoms with van der Waals surface area (Å²) in [7, 11) is 0. The summed E-state index contributed by atoms with van der Waals surface area (Å²) in [6.45, 7) is 2.93. The van der Waals surface area contributed by atoms with Crippen LogP contribution < -0.4 is 9.47 Å². The topological polar surface area (TPSA) is 35.5 Å². The molecule has 0 N–H and O–H groups in total. The van der Waals surface area contributed by atoms with Crippen molar-refractivity contribution in [3.63, 3.8) is 0 Å². The van der Waals surface area contributed by atoms with Crippen LogP contribution >= 0.6 is 0 Å². The Labute approximate surface area is 138 Å². The molecule has 0 aliphatic heterocycles. The number of esters is 1. The van der Waals surface area contributed by atoms with E-state index in [1.54, 1.807) is 24.3 Å². The fourth-order valence-electron chi connectivity index (χ4n) is 2.24. The van der Waals surface area contributed by atoms with Crippen LogP contribution in [0.5, 0.6) is 11.5 Å². The highest BCUT2D eigenvalue weighted by Crippen LogP contribution is 2.16. The quantitative estimate of drug-likeness (QED) is 0.360. The van der Waals surface area contributed by atoms with E-state index in [1.807, 2.05) is 30.3 Å². The molecule has 2 aromatic carbocycles. The summed E-state index contributed by atoms with van der Waals surface area (Å²) in [4.78, 5) is 12.0. The lowest BCUT2D eigenvalue weighted by molar-refractivity contribution is 0.0734. The summed E-state index contributed by atoms with van der Waals surface area (Å²) in [6, 6.07) is 16.2. The van der Waals surface area contributed by atoms with Gasteiger partial charge in [-0.2, -0.15) is 0 Å². The highest BCUT2D eigenvalue weighted by molar-refractivity contribution is 5.91. The number of benzene rings is 2. The maximum absolute atomic E-state index is 12.0. The smallest absolute Gasteiger partial charge is 0.343 e. The van der Waals surface area contributed by atoms with Gasteiger partial charge in [-0.05, 0) is 42.8 Å². The molecule has 3 heteroatoms. The number of hydrogen-bond acceptors (Lipinski definition) is 3. The highest BCUT2D eigenvalue weighted by atomic mass is 16.5. The lowest BCUT2D eigenvalue weighted by Gasteiger charge is -2.07. The summed E-state index contributed by atoms with van der Waals surface area (Å²) >= 11 is 0. The van der Waals surface area contributed by atoms with Crippen LogP contribution in [0.25, 0.3) is 0 Å². The van der Waals surface area contributed by atoms with Gasteiger partial charge in [0.1, 0.15) is 11.5 Å². The predicted octanol–water partition coefficient (Wildman–Crippen LogP) is 5.26. The fourth-order valence-corrected chi connectivity index (χ4v) is 2.24. The fraction of sp³-hybridized carbons (Fsp3) is 0.350. The van der Waals surface area contributed by atoms with Gasteiger partial charge in [-0.15, -0.1) is 0 Å². The molecule has 0 aliphatic rings. The normalized spacial score (nSPS) is 10.3. The van der Waals surface area contributed by atoms with E-state index in [2.05, 4.69) is 6.92 Å². The molecule has 0 atom stereocenters. The Hall–Kier alpha value is -2.29. The van der Waals surface area contributed by atoms with Gasteiger partial charge >= 0.3 is 5.97 Å². The Kier molecular flexibility index (Phi) is 7.18. The molecule has 0 saturated carbocycles. The Morgan fingerprint density at radius 1 is 0.826 bits per heavy atom.